The predicted octanol–water partition coefficient (Wildman–Crippen LogP) is 3.61. The zero-order valence-electron chi connectivity index (χ0n) is 22.2. The number of aliphatic hydroxyl groups is 1. The number of carbonyl (C=O) groups excluding carboxylic acids is 1. The molecule has 40 heavy (non-hydrogen) atoms. The number of rotatable bonds is 6. The first kappa shape index (κ1) is 26.7. The topological polar surface area (TPSA) is 77.7 Å². The molecule has 7 rings (SSSR count). The average Bonchev–Trinajstić information content (AvgIpc) is 3.66. The Morgan fingerprint density at radius 3 is 2.48 bits per heavy atom. The Morgan fingerprint density at radius 1 is 1.00 bits per heavy atom. The Hall–Kier alpha value is -3.47. The highest BCUT2D eigenvalue weighted by molar-refractivity contribution is 7.59. The van der Waals surface area contributed by atoms with E-state index in [2.05, 4.69) is 56.5 Å². The first-order valence-electron chi connectivity index (χ1n) is 13.6. The molecule has 2 aliphatic heterocycles. The van der Waals surface area contributed by atoms with Crippen LogP contribution in [0.1, 0.15) is 35.7 Å². The van der Waals surface area contributed by atoms with E-state index in [-0.39, 0.29) is 31.8 Å². The van der Waals surface area contributed by atoms with Gasteiger partial charge in [-0.25, -0.2) is 4.39 Å². The molecule has 3 aromatic carbocycles. The van der Waals surface area contributed by atoms with E-state index in [1.54, 1.807) is 23.0 Å². The van der Waals surface area contributed by atoms with E-state index >= 15 is 0 Å². The highest BCUT2D eigenvalue weighted by Gasteiger charge is 2.54. The molecule has 1 amide bonds. The lowest BCUT2D eigenvalue weighted by atomic mass is 9.84. The van der Waals surface area contributed by atoms with Gasteiger partial charge in [0.15, 0.2) is 0 Å². The second kappa shape index (κ2) is 10.5. The van der Waals surface area contributed by atoms with Gasteiger partial charge in [0.25, 0.3) is 0 Å². The maximum atomic E-state index is 14.1. The highest BCUT2D eigenvalue weighted by atomic mass is 32.1. The molecule has 8 nitrogen and oxygen atoms in total. The van der Waals surface area contributed by atoms with E-state index in [0.29, 0.717) is 44.3 Å². The number of halogens is 1. The summed E-state index contributed by atoms with van der Waals surface area (Å²) >= 11 is 0. The summed E-state index contributed by atoms with van der Waals surface area (Å²) in [5.74, 6) is -0.170. The van der Waals surface area contributed by atoms with Crippen LogP contribution in [0.4, 0.5) is 10.1 Å². The maximum absolute atomic E-state index is 14.1. The molecule has 3 aliphatic rings. The van der Waals surface area contributed by atoms with Gasteiger partial charge < -0.3 is 14.9 Å². The van der Waals surface area contributed by atoms with Crippen molar-refractivity contribution in [3.8, 4) is 0 Å². The maximum Gasteiger partial charge on any atom is 0.250 e. The minimum atomic E-state index is -0.662. The monoisotopic (exact) mass is 560 g/mol. The van der Waals surface area contributed by atoms with Gasteiger partial charge in [-0.2, -0.15) is 13.5 Å². The molecule has 1 aliphatic carbocycles. The van der Waals surface area contributed by atoms with Crippen LogP contribution in [0.25, 0.3) is 10.8 Å². The van der Waals surface area contributed by atoms with E-state index in [1.165, 1.54) is 34.0 Å². The third-order valence-electron chi connectivity index (χ3n) is 8.86. The molecule has 0 saturated carbocycles. The summed E-state index contributed by atoms with van der Waals surface area (Å²) in [6.45, 7) is 2.88. The smallest absolute Gasteiger partial charge is 0.250 e. The lowest BCUT2D eigenvalue weighted by Gasteiger charge is -2.45. The number of aliphatic hydroxyl groups excluding tert-OH is 1. The number of likely N-dealkylation sites (tertiary alicyclic amines) is 1. The molecule has 4 aromatic rings. The van der Waals surface area contributed by atoms with Crippen molar-refractivity contribution in [2.75, 3.05) is 31.2 Å². The fraction of sp³-hybridized carbons (Fsp3) is 0.367. The van der Waals surface area contributed by atoms with Crippen LogP contribution in [-0.4, -0.2) is 67.6 Å². The predicted molar refractivity (Wildman–Crippen MR) is 156 cm³/mol. The molecule has 1 spiro atoms. The summed E-state index contributed by atoms with van der Waals surface area (Å²) in [5, 5.41) is 20.0. The van der Waals surface area contributed by atoms with Crippen LogP contribution in [0.3, 0.4) is 0 Å². The SMILES string of the molecule is O=C1N(CCn2cc(CO)nn2)CN(c2ccc(F)cc2)C12CCN([C@H]1Cc3cccc4cccc1c34)CC2.S. The van der Waals surface area contributed by atoms with Gasteiger partial charge in [0, 0.05) is 31.4 Å². The summed E-state index contributed by atoms with van der Waals surface area (Å²) in [6.07, 6.45) is 4.12. The molecule has 3 heterocycles. The number of aromatic nitrogens is 3. The number of benzene rings is 3. The van der Waals surface area contributed by atoms with Crippen molar-refractivity contribution < 1.29 is 14.3 Å². The third kappa shape index (κ3) is 4.34. The molecule has 208 valence electrons. The van der Waals surface area contributed by atoms with E-state index in [1.807, 2.05) is 4.90 Å². The van der Waals surface area contributed by atoms with Gasteiger partial charge in [-0.15, -0.1) is 5.10 Å². The summed E-state index contributed by atoms with van der Waals surface area (Å²) < 4.78 is 15.5. The molecule has 2 saturated heterocycles. The van der Waals surface area contributed by atoms with Crippen LogP contribution >= 0.6 is 13.5 Å². The van der Waals surface area contributed by atoms with Gasteiger partial charge in [-0.3, -0.25) is 14.4 Å². The zero-order valence-corrected chi connectivity index (χ0v) is 23.2. The van der Waals surface area contributed by atoms with Gasteiger partial charge in [0.2, 0.25) is 5.91 Å². The molecule has 1 aromatic heterocycles. The van der Waals surface area contributed by atoms with E-state index in [9.17, 15) is 14.3 Å². The Morgan fingerprint density at radius 2 is 1.75 bits per heavy atom. The quantitative estimate of drug-likeness (QED) is 0.388. The summed E-state index contributed by atoms with van der Waals surface area (Å²) in [4.78, 5) is 20.7. The highest BCUT2D eigenvalue weighted by Crippen LogP contribution is 2.45. The number of hydrogen-bond donors (Lipinski definition) is 1. The Bertz CT molecular complexity index is 1530. The van der Waals surface area contributed by atoms with Crippen LogP contribution in [0.15, 0.2) is 66.9 Å². The molecule has 0 bridgehead atoms. The van der Waals surface area contributed by atoms with Crippen molar-refractivity contribution in [2.24, 2.45) is 0 Å². The lowest BCUT2D eigenvalue weighted by Crippen LogP contribution is -2.57. The van der Waals surface area contributed by atoms with Crippen molar-refractivity contribution in [1.82, 2.24) is 24.8 Å². The van der Waals surface area contributed by atoms with Crippen LogP contribution < -0.4 is 4.90 Å². The van der Waals surface area contributed by atoms with Gasteiger partial charge in [-0.05, 0) is 65.4 Å². The average molecular weight is 561 g/mol. The first-order valence-corrected chi connectivity index (χ1v) is 13.6. The largest absolute Gasteiger partial charge is 0.390 e. The van der Waals surface area contributed by atoms with Gasteiger partial charge in [-0.1, -0.05) is 41.6 Å². The first-order chi connectivity index (χ1) is 19.1. The Balaban J connectivity index is 0.00000289. The van der Waals surface area contributed by atoms with Crippen LogP contribution in [0.5, 0.6) is 0 Å². The molecule has 2 fully saturated rings. The molecular formula is C30H33FN6O2S. The molecule has 1 N–H and O–H groups in total. The molecule has 1 atom stereocenters. The molecule has 10 heteroatoms. The molecule has 0 unspecified atom stereocenters. The van der Waals surface area contributed by atoms with E-state index in [0.717, 1.165) is 25.2 Å². The van der Waals surface area contributed by atoms with Crippen molar-refractivity contribution in [1.29, 1.82) is 0 Å². The van der Waals surface area contributed by atoms with E-state index in [4.69, 9.17) is 0 Å². The van der Waals surface area contributed by atoms with Crippen molar-refractivity contribution in [3.05, 3.63) is 89.5 Å². The van der Waals surface area contributed by atoms with Crippen molar-refractivity contribution in [2.45, 2.75) is 44.0 Å². The number of nitrogens with zero attached hydrogens (tertiary/aromatic N) is 6. The Kier molecular flexibility index (Phi) is 7.02. The minimum absolute atomic E-state index is 0. The number of carbonyl (C=O) groups is 1. The van der Waals surface area contributed by atoms with Crippen molar-refractivity contribution in [3.63, 3.8) is 0 Å². The van der Waals surface area contributed by atoms with Crippen LogP contribution in [0, 0.1) is 5.82 Å². The lowest BCUT2D eigenvalue weighted by molar-refractivity contribution is -0.134. The van der Waals surface area contributed by atoms with Gasteiger partial charge in [0.05, 0.1) is 26.0 Å². The minimum Gasteiger partial charge on any atom is -0.390 e. The number of piperidine rings is 1. The van der Waals surface area contributed by atoms with Gasteiger partial charge >= 0.3 is 0 Å². The second-order valence-corrected chi connectivity index (χ2v) is 10.9. The van der Waals surface area contributed by atoms with Crippen molar-refractivity contribution >= 4 is 35.9 Å². The number of anilines is 1. The summed E-state index contributed by atoms with van der Waals surface area (Å²) in [7, 11) is 0. The molecular weight excluding hydrogens is 527 g/mol. The van der Waals surface area contributed by atoms with Crippen LogP contribution in [0.2, 0.25) is 0 Å². The van der Waals surface area contributed by atoms with Gasteiger partial charge in [0.1, 0.15) is 17.1 Å². The molecule has 0 radical (unpaired) electrons. The summed E-state index contributed by atoms with van der Waals surface area (Å²) in [6, 6.07) is 20.0. The van der Waals surface area contributed by atoms with Crippen LogP contribution in [-0.2, 0) is 24.4 Å². The fourth-order valence-electron chi connectivity index (χ4n) is 6.88. The third-order valence-corrected chi connectivity index (χ3v) is 8.86. The number of hydrogen-bond acceptors (Lipinski definition) is 6. The Labute approximate surface area is 239 Å². The fourth-order valence-corrected chi connectivity index (χ4v) is 6.88. The van der Waals surface area contributed by atoms with E-state index < -0.39 is 5.54 Å². The summed E-state index contributed by atoms with van der Waals surface area (Å²) in [5.41, 5.74) is 3.50. The normalized spacial score (nSPS) is 20.1. The second-order valence-electron chi connectivity index (χ2n) is 10.9. The standard InChI is InChI=1S/C30H31FN6O2.H2S/c31-23-7-9-25(10-8-23)37-20-35(15-16-36-18-24(19-38)32-33-36)29(39)30(37)11-13-34(14-12-30)27-17-22-5-1-3-21-4-2-6-26(27)28(21)22;/h1-10,18,27,38H,11-17,19-20H2;1H2/t27-;/m0./s1. The number of amides is 1. The zero-order chi connectivity index (χ0) is 26.6.